The van der Waals surface area contributed by atoms with Crippen molar-refractivity contribution in [1.82, 2.24) is 101 Å². The van der Waals surface area contributed by atoms with E-state index >= 15 is 13.2 Å². The summed E-state index contributed by atoms with van der Waals surface area (Å²) < 4.78 is 105. The number of anilines is 6. The number of aromatic amines is 3. The SMILES string of the molecule is CNC(=O)c1c(Nc2ccc(CN3CCN(C)CC3)c(C(F)(F)F)c2)ncnc1Oc1ccc2[nH]c(C)cc2c1F.CNC(=O)c1c(Nc2ccc(CN3CCN(C)CC3)cn2)ncnc1Oc1ccc2[nH]c(C)cc2c1F.CNC(=O)c1c(Nc2ccc(CN3CCNCC3)cn2)ncnc1Oc1ccc2[nH]c(C)cc2c1F. The first-order valence-corrected chi connectivity index (χ1v) is 36.7. The second-order valence-corrected chi connectivity index (χ2v) is 27.7. The van der Waals surface area contributed by atoms with Crippen molar-refractivity contribution in [3.05, 3.63) is 202 Å². The molecule has 35 heteroatoms. The van der Waals surface area contributed by atoms with E-state index in [4.69, 9.17) is 14.2 Å². The van der Waals surface area contributed by atoms with E-state index in [1.807, 2.05) is 56.3 Å². The van der Waals surface area contributed by atoms with Crippen molar-refractivity contribution in [1.29, 1.82) is 0 Å². The molecule has 8 aromatic heterocycles. The van der Waals surface area contributed by atoms with E-state index in [0.29, 0.717) is 57.4 Å². The summed E-state index contributed by atoms with van der Waals surface area (Å²) in [6.07, 6.45) is 2.58. The number of halogens is 6. The first kappa shape index (κ1) is 79.7. The molecule has 0 atom stereocenters. The molecular weight excluding hydrogens is 1480 g/mol. The summed E-state index contributed by atoms with van der Waals surface area (Å²) >= 11 is 0. The first-order valence-electron chi connectivity index (χ1n) is 36.7. The molecule has 11 heterocycles. The van der Waals surface area contributed by atoms with Gasteiger partial charge in [0, 0.05) is 187 Å². The molecule has 0 unspecified atom stereocenters. The average molecular weight is 1570 g/mol. The number of aromatic nitrogens is 11. The minimum Gasteiger partial charge on any atom is -0.435 e. The molecule has 3 fully saturated rings. The van der Waals surface area contributed by atoms with Crippen LogP contribution in [0.15, 0.2) is 128 Å². The minimum absolute atomic E-state index is 0.0384. The highest BCUT2D eigenvalue weighted by Crippen LogP contribution is 2.40. The summed E-state index contributed by atoms with van der Waals surface area (Å²) in [5.41, 5.74) is 5.77. The molecule has 3 aliphatic rings. The second-order valence-electron chi connectivity index (χ2n) is 27.7. The summed E-state index contributed by atoms with van der Waals surface area (Å²) in [6.45, 7) is 18.3. The Bertz CT molecular complexity index is 5430. The molecule has 594 valence electrons. The number of carbonyl (C=O) groups excluding carboxylic acids is 3. The van der Waals surface area contributed by atoms with Crippen LogP contribution in [0.2, 0.25) is 0 Å². The number of hydrogen-bond acceptors (Lipinski definition) is 23. The lowest BCUT2D eigenvalue weighted by Gasteiger charge is -2.33. The number of carbonyl (C=O) groups is 3. The van der Waals surface area contributed by atoms with Crippen LogP contribution in [0.3, 0.4) is 0 Å². The monoisotopic (exact) mass is 1570 g/mol. The normalized spacial score (nSPS) is 14.5. The van der Waals surface area contributed by atoms with Crippen LogP contribution in [0, 0.1) is 38.2 Å². The van der Waals surface area contributed by atoms with Crippen molar-refractivity contribution < 1.29 is 54.9 Å². The van der Waals surface area contributed by atoms with E-state index in [9.17, 15) is 27.6 Å². The molecule has 3 aliphatic heterocycles. The zero-order valence-electron chi connectivity index (χ0n) is 63.8. The maximum atomic E-state index is 15.2. The van der Waals surface area contributed by atoms with Gasteiger partial charge in [0.1, 0.15) is 47.3 Å². The molecule has 0 aliphatic carbocycles. The Labute approximate surface area is 651 Å². The van der Waals surface area contributed by atoms with Crippen molar-refractivity contribution in [3.63, 3.8) is 0 Å². The van der Waals surface area contributed by atoms with Crippen molar-refractivity contribution in [2.45, 2.75) is 46.6 Å². The molecule has 10 N–H and O–H groups in total. The van der Waals surface area contributed by atoms with Crippen molar-refractivity contribution >= 4 is 85.2 Å². The van der Waals surface area contributed by atoms with Crippen LogP contribution >= 0.6 is 0 Å². The van der Waals surface area contributed by atoms with Crippen LogP contribution < -0.4 is 51.4 Å². The van der Waals surface area contributed by atoms with Gasteiger partial charge in [-0.05, 0) is 130 Å². The van der Waals surface area contributed by atoms with Gasteiger partial charge >= 0.3 is 6.18 Å². The largest absolute Gasteiger partial charge is 0.435 e. The third-order valence-electron chi connectivity index (χ3n) is 19.4. The number of alkyl halides is 3. The third kappa shape index (κ3) is 19.0. The molecular formula is C79H85F6N23O6. The van der Waals surface area contributed by atoms with Gasteiger partial charge in [-0.15, -0.1) is 0 Å². The standard InChI is InChI=1S/C28H29F4N7O2.C26H29FN8O2.C25H27FN8O2/c1-16-12-19-21(36-16)6-7-22(24(19)29)41-27-23(26(40)33-2)25(34-15-35-27)37-18-5-4-17(20(13-18)28(30,31)32)14-39-10-8-38(3)9-11-39;1-16-12-18-19(32-16)5-6-20(23(18)27)37-26-22(25(36)28-2)24(30-15-31-26)33-21-7-4-17(13-29-21)14-35-10-8-34(3)9-11-35;1-15-11-17-18(32-15)4-5-19(22(17)26)36-25-21(24(35)27-2)23(30-14-31-25)33-20-6-3-16(12-29-20)13-34-9-7-28-8-10-34/h4-7,12-13,15,36H,8-11,14H2,1-3H3,(H,33,40)(H,34,35,37);4-7,12-13,15,32H,8-11,14H2,1-3H3,(H,28,36)(H,29,30,31,33);3-6,11-12,14,28,32H,7-10,13H2,1-2H3,(H,27,35)(H,29,30,31,33). The fourth-order valence-electron chi connectivity index (χ4n) is 13.3. The Balaban J connectivity index is 0.000000150. The fourth-order valence-corrected chi connectivity index (χ4v) is 13.3. The average Bonchev–Trinajstić information content (AvgIpc) is 1.45. The van der Waals surface area contributed by atoms with Crippen LogP contribution in [0.5, 0.6) is 34.9 Å². The molecule has 0 spiro atoms. The Hall–Kier alpha value is -12.4. The second kappa shape index (κ2) is 35.5. The molecule has 114 heavy (non-hydrogen) atoms. The van der Waals surface area contributed by atoms with Crippen molar-refractivity contribution in [2.24, 2.45) is 0 Å². The van der Waals surface area contributed by atoms with Crippen molar-refractivity contribution in [2.75, 3.05) is 130 Å². The molecule has 12 aromatic rings. The van der Waals surface area contributed by atoms with Crippen LogP contribution in [-0.2, 0) is 25.8 Å². The number of ether oxygens (including phenoxy) is 3. The number of nitrogens with zero attached hydrogens (tertiary/aromatic N) is 13. The van der Waals surface area contributed by atoms with E-state index in [0.717, 1.165) is 119 Å². The van der Waals surface area contributed by atoms with Gasteiger partial charge in [-0.3, -0.25) is 29.1 Å². The predicted octanol–water partition coefficient (Wildman–Crippen LogP) is 11.6. The van der Waals surface area contributed by atoms with E-state index < -0.39 is 46.9 Å². The van der Waals surface area contributed by atoms with Gasteiger partial charge in [0.05, 0.1) is 5.56 Å². The molecule has 0 bridgehead atoms. The Morgan fingerprint density at radius 1 is 0.439 bits per heavy atom. The Morgan fingerprint density at radius 3 is 1.17 bits per heavy atom. The molecule has 0 radical (unpaired) electrons. The van der Waals surface area contributed by atoms with Gasteiger partial charge in [0.25, 0.3) is 17.7 Å². The smallest absolute Gasteiger partial charge is 0.416 e. The van der Waals surface area contributed by atoms with E-state index in [1.54, 1.807) is 49.5 Å². The van der Waals surface area contributed by atoms with Crippen LogP contribution in [-0.4, -0.2) is 211 Å². The number of benzene rings is 4. The summed E-state index contributed by atoms with van der Waals surface area (Å²) in [7, 11) is 8.46. The highest BCUT2D eigenvalue weighted by Gasteiger charge is 2.35. The number of likely N-dealkylation sites (N-methyl/N-ethyl adjacent to an activating group) is 2. The number of aryl methyl sites for hydroxylation is 3. The summed E-state index contributed by atoms with van der Waals surface area (Å²) in [6, 6.07) is 26.0. The number of rotatable bonds is 21. The molecule has 15 rings (SSSR count). The number of hydrogen-bond donors (Lipinski definition) is 10. The van der Waals surface area contributed by atoms with E-state index in [2.05, 4.69) is 119 Å². The third-order valence-corrected chi connectivity index (χ3v) is 19.4. The maximum Gasteiger partial charge on any atom is 0.416 e. The number of fused-ring (bicyclic) bond motifs is 3. The molecule has 4 aromatic carbocycles. The highest BCUT2D eigenvalue weighted by atomic mass is 19.4. The molecule has 3 amide bonds. The number of H-pyrrole nitrogens is 3. The van der Waals surface area contributed by atoms with Gasteiger partial charge in [-0.1, -0.05) is 18.2 Å². The number of amides is 3. The van der Waals surface area contributed by atoms with Crippen LogP contribution in [0.4, 0.5) is 61.1 Å². The number of piperazine rings is 3. The minimum atomic E-state index is -4.60. The maximum absolute atomic E-state index is 15.2. The molecule has 3 saturated heterocycles. The lowest BCUT2D eigenvalue weighted by molar-refractivity contribution is -0.138. The van der Waals surface area contributed by atoms with E-state index in [1.165, 1.54) is 64.1 Å². The Morgan fingerprint density at radius 2 is 0.807 bits per heavy atom. The topological polar surface area (TPSA) is 330 Å². The number of nitrogens with one attached hydrogen (secondary N) is 10. The zero-order valence-corrected chi connectivity index (χ0v) is 63.8. The van der Waals surface area contributed by atoms with E-state index in [-0.39, 0.29) is 86.8 Å². The highest BCUT2D eigenvalue weighted by molar-refractivity contribution is 6.03. The van der Waals surface area contributed by atoms with Gasteiger partial charge in [0.2, 0.25) is 17.6 Å². The fraction of sp³-hybridized carbons (Fsp3) is 0.304. The lowest BCUT2D eigenvalue weighted by Crippen LogP contribution is -2.44. The van der Waals surface area contributed by atoms with Crippen molar-refractivity contribution in [3.8, 4) is 34.9 Å². The zero-order chi connectivity index (χ0) is 80.3. The summed E-state index contributed by atoms with van der Waals surface area (Å²) in [5, 5.41) is 21.0. The lowest BCUT2D eigenvalue weighted by atomic mass is 10.0. The summed E-state index contributed by atoms with van der Waals surface area (Å²) in [5.74, 6) is -2.79. The Kier molecular flexibility index (Phi) is 24.8. The molecule has 29 nitrogen and oxygen atoms in total. The van der Waals surface area contributed by atoms with Gasteiger partial charge in [-0.2, -0.15) is 13.2 Å². The number of pyridine rings is 2. The molecule has 0 saturated carbocycles. The summed E-state index contributed by atoms with van der Waals surface area (Å²) in [4.78, 5) is 92.6. The van der Waals surface area contributed by atoms with Gasteiger partial charge in [-0.25, -0.2) is 53.0 Å². The van der Waals surface area contributed by atoms with Crippen LogP contribution in [0.25, 0.3) is 32.7 Å². The first-order chi connectivity index (χ1) is 54.9. The van der Waals surface area contributed by atoms with Gasteiger partial charge < -0.3 is 76.2 Å². The van der Waals surface area contributed by atoms with Crippen LogP contribution in [0.1, 0.15) is 70.4 Å². The van der Waals surface area contributed by atoms with Gasteiger partial charge in [0.15, 0.2) is 52.2 Å². The predicted molar refractivity (Wildman–Crippen MR) is 419 cm³/mol. The quantitative estimate of drug-likeness (QED) is 0.0299.